The lowest BCUT2D eigenvalue weighted by molar-refractivity contribution is -0.131. The number of H-pyrrole nitrogens is 1. The molecule has 0 radical (unpaired) electrons. The summed E-state index contributed by atoms with van der Waals surface area (Å²) in [5, 5.41) is 20.8. The minimum absolute atomic E-state index is 0.135. The average Bonchev–Trinajstić information content (AvgIpc) is 3.51. The molecular weight excluding hydrogens is 627 g/mol. The highest BCUT2D eigenvalue weighted by atomic mass is 32.2. The summed E-state index contributed by atoms with van der Waals surface area (Å²) >= 11 is 1.69. The first-order valence-corrected chi connectivity index (χ1v) is 18.7. The highest BCUT2D eigenvalue weighted by Crippen LogP contribution is 2.61. The number of carbonyl (C=O) groups is 3. The standard InChI is InChI=1S/C37H55N5O5S/c1-23(2)48-21-32(43)31(19-37-16-25-11-26(17-37)13-27(12-25)18-37)41-34(45)30(15-28-20-38-22-39-28)40-33(44)29(14-24-9-7-6-8-10-24)42-35(46)47-36(3,4)5/h6-10,20,22-23,25-27,29-32,43H,11-19,21H2,1-5H3,(H,38,39)(H,40,44)(H,41,45)(H,42,46)/t25?,26?,27?,29-,30-,31-,32-,37?/m0/s1. The fraction of sp³-hybridized carbons (Fsp3) is 0.676. The van der Waals surface area contributed by atoms with Crippen molar-refractivity contribution in [1.82, 2.24) is 25.9 Å². The van der Waals surface area contributed by atoms with E-state index in [-0.39, 0.29) is 24.2 Å². The van der Waals surface area contributed by atoms with Crippen LogP contribution in [0.4, 0.5) is 4.79 Å². The van der Waals surface area contributed by atoms with Crippen LogP contribution in [0.15, 0.2) is 42.9 Å². The zero-order valence-corrected chi connectivity index (χ0v) is 30.0. The molecule has 11 heteroatoms. The second kappa shape index (κ2) is 15.7. The van der Waals surface area contributed by atoms with Crippen molar-refractivity contribution < 1.29 is 24.2 Å². The summed E-state index contributed by atoms with van der Waals surface area (Å²) in [4.78, 5) is 48.2. The molecule has 1 aromatic heterocycles. The second-order valence-corrected chi connectivity index (χ2v) is 17.5. The molecule has 4 fully saturated rings. The van der Waals surface area contributed by atoms with E-state index in [1.165, 1.54) is 44.9 Å². The lowest BCUT2D eigenvalue weighted by atomic mass is 9.48. The number of thioether (sulfide) groups is 1. The molecule has 6 rings (SSSR count). The quantitative estimate of drug-likeness (QED) is 0.175. The molecule has 2 aromatic rings. The van der Waals surface area contributed by atoms with Gasteiger partial charge in [-0.1, -0.05) is 44.2 Å². The first kappa shape index (κ1) is 36.2. The number of ether oxygens (including phenoxy) is 1. The SMILES string of the molecule is CC(C)SC[C@H](O)[C@H](CC12CC3CC(CC(C3)C1)C2)NC(=O)[C@H](Cc1cnc[nH]1)NC(=O)[C@H](Cc1ccccc1)NC(=O)OC(C)(C)C. The molecule has 0 spiro atoms. The van der Waals surface area contributed by atoms with E-state index in [1.54, 1.807) is 38.7 Å². The van der Waals surface area contributed by atoms with Gasteiger partial charge in [0.2, 0.25) is 11.8 Å². The maximum atomic E-state index is 14.2. The van der Waals surface area contributed by atoms with Gasteiger partial charge in [0.15, 0.2) is 0 Å². The Morgan fingerprint density at radius 1 is 0.958 bits per heavy atom. The molecule has 0 unspecified atom stereocenters. The first-order chi connectivity index (χ1) is 22.8. The number of aromatic nitrogens is 2. The number of hydrogen-bond donors (Lipinski definition) is 5. The van der Waals surface area contributed by atoms with Gasteiger partial charge < -0.3 is 30.8 Å². The van der Waals surface area contributed by atoms with Crippen LogP contribution in [0, 0.1) is 23.2 Å². The van der Waals surface area contributed by atoms with E-state index in [0.29, 0.717) is 16.7 Å². The van der Waals surface area contributed by atoms with Crippen LogP contribution in [0.2, 0.25) is 0 Å². The fourth-order valence-corrected chi connectivity index (χ4v) is 9.40. The molecule has 48 heavy (non-hydrogen) atoms. The smallest absolute Gasteiger partial charge is 0.408 e. The van der Waals surface area contributed by atoms with Crippen molar-refractivity contribution in [3.8, 4) is 0 Å². The predicted molar refractivity (Wildman–Crippen MR) is 188 cm³/mol. The Kier molecular flexibility index (Phi) is 11.8. The summed E-state index contributed by atoms with van der Waals surface area (Å²) in [5.74, 6) is 1.91. The number of aliphatic hydroxyl groups excluding tert-OH is 1. The van der Waals surface area contributed by atoms with E-state index < -0.39 is 41.8 Å². The molecule has 1 aromatic carbocycles. The van der Waals surface area contributed by atoms with E-state index in [0.717, 1.165) is 29.7 Å². The topological polar surface area (TPSA) is 145 Å². The van der Waals surface area contributed by atoms with Crippen molar-refractivity contribution in [3.63, 3.8) is 0 Å². The molecule has 4 atom stereocenters. The Morgan fingerprint density at radius 3 is 2.12 bits per heavy atom. The minimum atomic E-state index is -0.991. The molecule has 3 amide bonds. The normalized spacial score (nSPS) is 25.6. The third-order valence-corrected chi connectivity index (χ3v) is 11.3. The third kappa shape index (κ3) is 10.2. The van der Waals surface area contributed by atoms with Crippen LogP contribution >= 0.6 is 11.8 Å². The number of amides is 3. The van der Waals surface area contributed by atoms with Gasteiger partial charge in [0, 0.05) is 30.5 Å². The highest BCUT2D eigenvalue weighted by Gasteiger charge is 2.52. The number of nitrogens with zero attached hydrogens (tertiary/aromatic N) is 1. The van der Waals surface area contributed by atoms with Gasteiger partial charge in [-0.15, -0.1) is 0 Å². The number of hydrogen-bond acceptors (Lipinski definition) is 7. The number of carbonyl (C=O) groups excluding carboxylic acids is 3. The molecule has 4 saturated carbocycles. The maximum Gasteiger partial charge on any atom is 0.408 e. The van der Waals surface area contributed by atoms with Gasteiger partial charge in [-0.05, 0) is 99.7 Å². The van der Waals surface area contributed by atoms with E-state index >= 15 is 0 Å². The van der Waals surface area contributed by atoms with E-state index in [9.17, 15) is 19.5 Å². The summed E-state index contributed by atoms with van der Waals surface area (Å²) in [6, 6.07) is 7.00. The summed E-state index contributed by atoms with van der Waals surface area (Å²) in [5.41, 5.74) is 0.922. The van der Waals surface area contributed by atoms with Gasteiger partial charge in [-0.2, -0.15) is 11.8 Å². The average molecular weight is 682 g/mol. The summed E-state index contributed by atoms with van der Waals surface area (Å²) in [6.45, 7) is 9.50. The zero-order chi connectivity index (χ0) is 34.5. The Bertz CT molecular complexity index is 1330. The molecule has 0 saturated heterocycles. The van der Waals surface area contributed by atoms with E-state index in [2.05, 4.69) is 39.8 Å². The van der Waals surface area contributed by atoms with Crippen molar-refractivity contribution >= 4 is 29.7 Å². The lowest BCUT2D eigenvalue weighted by Gasteiger charge is -2.58. The molecule has 4 bridgehead atoms. The van der Waals surface area contributed by atoms with Crippen LogP contribution < -0.4 is 16.0 Å². The van der Waals surface area contributed by atoms with Crippen molar-refractivity contribution in [3.05, 3.63) is 54.1 Å². The van der Waals surface area contributed by atoms with Gasteiger partial charge >= 0.3 is 6.09 Å². The molecule has 10 nitrogen and oxygen atoms in total. The maximum absolute atomic E-state index is 14.2. The van der Waals surface area contributed by atoms with Crippen LogP contribution in [-0.2, 0) is 27.2 Å². The van der Waals surface area contributed by atoms with E-state index in [1.807, 2.05) is 30.3 Å². The Hall–Kier alpha value is -3.05. The molecule has 4 aliphatic rings. The number of alkyl carbamates (subject to hydrolysis) is 1. The number of rotatable bonds is 15. The summed E-state index contributed by atoms with van der Waals surface area (Å²) in [6.07, 6.45) is 10.3. The molecule has 5 N–H and O–H groups in total. The number of benzene rings is 1. The predicted octanol–water partition coefficient (Wildman–Crippen LogP) is 5.17. The molecule has 264 valence electrons. The second-order valence-electron chi connectivity index (χ2n) is 15.9. The van der Waals surface area contributed by atoms with Crippen molar-refractivity contribution in [2.45, 2.75) is 127 Å². The molecule has 0 aliphatic heterocycles. The summed E-state index contributed by atoms with van der Waals surface area (Å²) < 4.78 is 5.48. The Balaban J connectivity index is 1.35. The molecule has 4 aliphatic carbocycles. The fourth-order valence-electron chi connectivity index (χ4n) is 8.59. The summed E-state index contributed by atoms with van der Waals surface area (Å²) in [7, 11) is 0. The van der Waals surface area contributed by atoms with Crippen LogP contribution in [0.3, 0.4) is 0 Å². The number of aromatic amines is 1. The largest absolute Gasteiger partial charge is 0.444 e. The minimum Gasteiger partial charge on any atom is -0.444 e. The Morgan fingerprint density at radius 2 is 1.56 bits per heavy atom. The van der Waals surface area contributed by atoms with Crippen LogP contribution in [-0.4, -0.2) is 73.8 Å². The van der Waals surface area contributed by atoms with Crippen LogP contribution in [0.5, 0.6) is 0 Å². The van der Waals surface area contributed by atoms with E-state index in [4.69, 9.17) is 4.74 Å². The Labute approximate surface area is 289 Å². The van der Waals surface area contributed by atoms with Gasteiger partial charge in [-0.25, -0.2) is 9.78 Å². The number of imidazole rings is 1. The number of aliphatic hydroxyl groups is 1. The van der Waals surface area contributed by atoms with Gasteiger partial charge in [-0.3, -0.25) is 9.59 Å². The first-order valence-electron chi connectivity index (χ1n) is 17.7. The lowest BCUT2D eigenvalue weighted by Crippen LogP contribution is -2.59. The number of nitrogens with one attached hydrogen (secondary N) is 4. The van der Waals surface area contributed by atoms with Crippen molar-refractivity contribution in [2.24, 2.45) is 23.2 Å². The van der Waals surface area contributed by atoms with Gasteiger partial charge in [0.25, 0.3) is 0 Å². The van der Waals surface area contributed by atoms with Gasteiger partial charge in [0.1, 0.15) is 17.7 Å². The monoisotopic (exact) mass is 681 g/mol. The molecule has 1 heterocycles. The third-order valence-electron chi connectivity index (χ3n) is 10.1. The zero-order valence-electron chi connectivity index (χ0n) is 29.2. The van der Waals surface area contributed by atoms with Crippen LogP contribution in [0.25, 0.3) is 0 Å². The highest BCUT2D eigenvalue weighted by molar-refractivity contribution is 7.99. The van der Waals surface area contributed by atoms with Gasteiger partial charge in [0.05, 0.1) is 18.5 Å². The molecular formula is C37H55N5O5S. The van der Waals surface area contributed by atoms with Crippen LogP contribution in [0.1, 0.15) is 90.8 Å². The van der Waals surface area contributed by atoms with Crippen molar-refractivity contribution in [2.75, 3.05) is 5.75 Å². The van der Waals surface area contributed by atoms with Crippen molar-refractivity contribution in [1.29, 1.82) is 0 Å².